The van der Waals surface area contributed by atoms with Crippen molar-refractivity contribution in [2.75, 3.05) is 27.2 Å². The fourth-order valence-corrected chi connectivity index (χ4v) is 0.824. The Morgan fingerprint density at radius 1 is 1.57 bits per heavy atom. The zero-order valence-electron chi connectivity index (χ0n) is 9.25. The van der Waals surface area contributed by atoms with E-state index in [0.29, 0.717) is 0 Å². The van der Waals surface area contributed by atoms with E-state index in [1.165, 1.54) is 0 Å². The van der Waals surface area contributed by atoms with Crippen molar-refractivity contribution in [2.24, 2.45) is 10.7 Å². The summed E-state index contributed by atoms with van der Waals surface area (Å²) in [6.07, 6.45) is 3.38. The first-order valence-electron chi connectivity index (χ1n) is 4.56. The van der Waals surface area contributed by atoms with Crippen molar-refractivity contribution in [2.45, 2.75) is 6.92 Å². The number of likely N-dealkylation sites (N-methyl/N-ethyl adjacent to an activating group) is 1. The lowest BCUT2D eigenvalue weighted by Crippen LogP contribution is -2.20. The van der Waals surface area contributed by atoms with Gasteiger partial charge in [0.05, 0.1) is 6.54 Å². The summed E-state index contributed by atoms with van der Waals surface area (Å²) in [5.74, 6) is 0.752. The number of nitrogens with zero attached hydrogens (tertiary/aromatic N) is 2. The molecule has 0 aliphatic rings. The van der Waals surface area contributed by atoms with Gasteiger partial charge in [0.1, 0.15) is 5.84 Å². The highest BCUT2D eigenvalue weighted by Gasteiger charge is 1.92. The first kappa shape index (κ1) is 12.7. The van der Waals surface area contributed by atoms with Gasteiger partial charge in [-0.2, -0.15) is 0 Å². The number of nitrogens with one attached hydrogen (secondary N) is 1. The number of hydrogen-bond donors (Lipinski definition) is 2. The first-order chi connectivity index (χ1) is 6.56. The van der Waals surface area contributed by atoms with Gasteiger partial charge in [-0.05, 0) is 33.3 Å². The SMILES string of the molecule is C=CNC(/C=C(/C)N)=NCCN(C)C. The first-order valence-corrected chi connectivity index (χ1v) is 4.56. The number of allylic oxidation sites excluding steroid dienone is 1. The van der Waals surface area contributed by atoms with Gasteiger partial charge in [0.25, 0.3) is 0 Å². The van der Waals surface area contributed by atoms with Crippen LogP contribution in [0, 0.1) is 0 Å². The van der Waals surface area contributed by atoms with Crippen LogP contribution in [0.25, 0.3) is 0 Å². The summed E-state index contributed by atoms with van der Waals surface area (Å²) in [6.45, 7) is 7.06. The highest BCUT2D eigenvalue weighted by molar-refractivity contribution is 5.93. The smallest absolute Gasteiger partial charge is 0.126 e. The second kappa shape index (κ2) is 7.15. The van der Waals surface area contributed by atoms with Crippen LogP contribution < -0.4 is 11.1 Å². The molecule has 4 nitrogen and oxygen atoms in total. The van der Waals surface area contributed by atoms with Gasteiger partial charge < -0.3 is 16.0 Å². The van der Waals surface area contributed by atoms with Gasteiger partial charge in [-0.1, -0.05) is 6.58 Å². The van der Waals surface area contributed by atoms with Crippen LogP contribution in [0.4, 0.5) is 0 Å². The predicted molar refractivity (Wildman–Crippen MR) is 62.1 cm³/mol. The topological polar surface area (TPSA) is 53.6 Å². The number of rotatable bonds is 5. The van der Waals surface area contributed by atoms with Crippen molar-refractivity contribution in [3.05, 3.63) is 24.6 Å². The minimum Gasteiger partial charge on any atom is -0.402 e. The summed E-state index contributed by atoms with van der Waals surface area (Å²) in [5, 5.41) is 2.93. The van der Waals surface area contributed by atoms with Gasteiger partial charge in [0.15, 0.2) is 0 Å². The van der Waals surface area contributed by atoms with Crippen molar-refractivity contribution in [3.63, 3.8) is 0 Å². The highest BCUT2D eigenvalue weighted by Crippen LogP contribution is 1.85. The minimum absolute atomic E-state index is 0.725. The number of aliphatic imine (C=N–C) groups is 1. The summed E-state index contributed by atoms with van der Waals surface area (Å²) in [5.41, 5.74) is 6.28. The van der Waals surface area contributed by atoms with E-state index in [4.69, 9.17) is 5.73 Å². The molecule has 0 atom stereocenters. The van der Waals surface area contributed by atoms with E-state index < -0.39 is 0 Å². The van der Waals surface area contributed by atoms with Crippen molar-refractivity contribution < 1.29 is 0 Å². The van der Waals surface area contributed by atoms with Gasteiger partial charge >= 0.3 is 0 Å². The Labute approximate surface area is 86.2 Å². The molecule has 0 bridgehead atoms. The molecular formula is C10H20N4. The van der Waals surface area contributed by atoms with Crippen LogP contribution in [0.5, 0.6) is 0 Å². The Kier molecular flexibility index (Phi) is 6.49. The van der Waals surface area contributed by atoms with E-state index >= 15 is 0 Å². The number of amidine groups is 1. The fraction of sp³-hybridized carbons (Fsp3) is 0.500. The van der Waals surface area contributed by atoms with Crippen LogP contribution in [-0.2, 0) is 0 Å². The molecular weight excluding hydrogens is 176 g/mol. The molecule has 0 unspecified atom stereocenters. The zero-order chi connectivity index (χ0) is 11.0. The molecule has 0 rings (SSSR count). The van der Waals surface area contributed by atoms with Crippen molar-refractivity contribution in [1.29, 1.82) is 0 Å². The average Bonchev–Trinajstić information content (AvgIpc) is 2.02. The molecule has 0 aliphatic carbocycles. The molecule has 0 aromatic rings. The van der Waals surface area contributed by atoms with Gasteiger partial charge in [-0.25, -0.2) is 0 Å². The van der Waals surface area contributed by atoms with Crippen LogP contribution in [0.15, 0.2) is 29.5 Å². The molecule has 0 aromatic carbocycles. The van der Waals surface area contributed by atoms with Crippen LogP contribution >= 0.6 is 0 Å². The third-order valence-electron chi connectivity index (χ3n) is 1.44. The highest BCUT2D eigenvalue weighted by atomic mass is 15.1. The van der Waals surface area contributed by atoms with Crippen LogP contribution in [0.1, 0.15) is 6.92 Å². The lowest BCUT2D eigenvalue weighted by molar-refractivity contribution is 0.420. The molecule has 4 heteroatoms. The Bertz CT molecular complexity index is 224. The largest absolute Gasteiger partial charge is 0.402 e. The molecule has 0 amide bonds. The maximum atomic E-state index is 5.55. The quantitative estimate of drug-likeness (QED) is 0.498. The third kappa shape index (κ3) is 7.36. The average molecular weight is 196 g/mol. The van der Waals surface area contributed by atoms with Gasteiger partial charge in [-0.15, -0.1) is 0 Å². The summed E-state index contributed by atoms with van der Waals surface area (Å²) < 4.78 is 0. The van der Waals surface area contributed by atoms with Crippen molar-refractivity contribution >= 4 is 5.84 Å². The molecule has 0 radical (unpaired) electrons. The molecule has 80 valence electrons. The molecule has 0 heterocycles. The van der Waals surface area contributed by atoms with Crippen LogP contribution in [0.3, 0.4) is 0 Å². The molecule has 0 saturated carbocycles. The van der Waals surface area contributed by atoms with Crippen LogP contribution in [0.2, 0.25) is 0 Å². The van der Waals surface area contributed by atoms with E-state index in [1.54, 1.807) is 12.3 Å². The van der Waals surface area contributed by atoms with E-state index in [9.17, 15) is 0 Å². The minimum atomic E-state index is 0.725. The maximum absolute atomic E-state index is 5.55. The third-order valence-corrected chi connectivity index (χ3v) is 1.44. The Balaban J connectivity index is 4.18. The van der Waals surface area contributed by atoms with E-state index in [0.717, 1.165) is 24.6 Å². The monoisotopic (exact) mass is 196 g/mol. The molecule has 0 saturated heterocycles. The molecule has 0 aromatic heterocycles. The van der Waals surface area contributed by atoms with Gasteiger partial charge in [-0.3, -0.25) is 4.99 Å². The molecule has 3 N–H and O–H groups in total. The molecule has 0 fully saturated rings. The summed E-state index contributed by atoms with van der Waals surface area (Å²) in [6, 6.07) is 0. The molecule has 0 aliphatic heterocycles. The number of nitrogens with two attached hydrogens (primary N) is 1. The predicted octanol–water partition coefficient (Wildman–Crippen LogP) is 0.542. The van der Waals surface area contributed by atoms with Crippen molar-refractivity contribution in [3.8, 4) is 0 Å². The summed E-state index contributed by atoms with van der Waals surface area (Å²) >= 11 is 0. The van der Waals surface area contributed by atoms with Crippen LogP contribution in [-0.4, -0.2) is 37.9 Å². The second-order valence-corrected chi connectivity index (χ2v) is 3.31. The van der Waals surface area contributed by atoms with E-state index in [2.05, 4.69) is 21.8 Å². The zero-order valence-corrected chi connectivity index (χ0v) is 9.25. The Morgan fingerprint density at radius 2 is 2.21 bits per heavy atom. The molecule has 0 spiro atoms. The van der Waals surface area contributed by atoms with Gasteiger partial charge in [0.2, 0.25) is 0 Å². The normalized spacial score (nSPS) is 13.1. The van der Waals surface area contributed by atoms with E-state index in [-0.39, 0.29) is 0 Å². The van der Waals surface area contributed by atoms with E-state index in [1.807, 2.05) is 21.0 Å². The lowest BCUT2D eigenvalue weighted by Gasteiger charge is -2.07. The van der Waals surface area contributed by atoms with Gasteiger partial charge in [0, 0.05) is 12.2 Å². The summed E-state index contributed by atoms with van der Waals surface area (Å²) in [7, 11) is 4.03. The van der Waals surface area contributed by atoms with Crippen molar-refractivity contribution in [1.82, 2.24) is 10.2 Å². The standard InChI is InChI=1S/C10H20N4/c1-5-12-10(8-9(2)11)13-6-7-14(3)4/h5,8H,1,6-7,11H2,2-4H3,(H,12,13)/b9-8-. The number of hydrogen-bond acceptors (Lipinski definition) is 3. The maximum Gasteiger partial charge on any atom is 0.126 e. The summed E-state index contributed by atoms with van der Waals surface area (Å²) in [4.78, 5) is 6.41. The Morgan fingerprint density at radius 3 is 2.64 bits per heavy atom. The molecule has 14 heavy (non-hydrogen) atoms. The Hall–Kier alpha value is -1.29. The lowest BCUT2D eigenvalue weighted by atomic mass is 10.4. The second-order valence-electron chi connectivity index (χ2n) is 3.31. The fourth-order valence-electron chi connectivity index (χ4n) is 0.824.